The Hall–Kier alpha value is -0.830. The molecule has 0 rings (SSSR count). The summed E-state index contributed by atoms with van der Waals surface area (Å²) in [7, 11) is 0. The lowest BCUT2D eigenvalue weighted by Crippen LogP contribution is -2.27. The molecule has 0 spiro atoms. The van der Waals surface area contributed by atoms with Gasteiger partial charge in [0.25, 0.3) is 0 Å². The molecular formula is C20H39NO2. The molecule has 0 heterocycles. The van der Waals surface area contributed by atoms with Gasteiger partial charge in [0.1, 0.15) is 0 Å². The predicted octanol–water partition coefficient (Wildman–Crippen LogP) is 5.65. The number of carbonyl (C=O) groups is 1. The Labute approximate surface area is 144 Å². The molecule has 0 saturated carbocycles. The number of hydrogen-bond donors (Lipinski definition) is 1. The largest absolute Gasteiger partial charge is 0.478 e. The molecule has 0 aromatic rings. The SMILES string of the molecule is C=C(CCCCCN(CCCCCC)CCCCCC)C(=O)O. The summed E-state index contributed by atoms with van der Waals surface area (Å²) in [4.78, 5) is 13.3. The summed E-state index contributed by atoms with van der Waals surface area (Å²) in [6.45, 7) is 11.7. The Morgan fingerprint density at radius 1 is 0.783 bits per heavy atom. The molecule has 0 unspecified atom stereocenters. The first-order valence-corrected chi connectivity index (χ1v) is 9.75. The van der Waals surface area contributed by atoms with Crippen LogP contribution in [0.25, 0.3) is 0 Å². The Bertz CT molecular complexity index is 290. The molecule has 3 nitrogen and oxygen atoms in total. The average Bonchev–Trinajstić information content (AvgIpc) is 2.54. The molecule has 1 N–H and O–H groups in total. The van der Waals surface area contributed by atoms with Crippen LogP contribution in [0.2, 0.25) is 0 Å². The Morgan fingerprint density at radius 3 is 1.61 bits per heavy atom. The van der Waals surface area contributed by atoms with Crippen LogP contribution in [0.5, 0.6) is 0 Å². The van der Waals surface area contributed by atoms with Crippen molar-refractivity contribution >= 4 is 5.97 Å². The van der Waals surface area contributed by atoms with Crippen molar-refractivity contribution in [1.82, 2.24) is 4.90 Å². The second-order valence-electron chi connectivity index (χ2n) is 6.68. The first kappa shape index (κ1) is 22.2. The van der Waals surface area contributed by atoms with Gasteiger partial charge in [-0.1, -0.05) is 65.4 Å². The number of hydrogen-bond acceptors (Lipinski definition) is 2. The Kier molecular flexibility index (Phi) is 15.5. The van der Waals surface area contributed by atoms with Gasteiger partial charge in [0.15, 0.2) is 0 Å². The summed E-state index contributed by atoms with van der Waals surface area (Å²) in [6, 6.07) is 0. The van der Waals surface area contributed by atoms with Crippen molar-refractivity contribution in [2.45, 2.75) is 90.9 Å². The number of unbranched alkanes of at least 4 members (excludes halogenated alkanes) is 8. The highest BCUT2D eigenvalue weighted by atomic mass is 16.4. The minimum absolute atomic E-state index is 0.348. The molecule has 0 fully saturated rings. The molecule has 136 valence electrons. The van der Waals surface area contributed by atoms with E-state index in [1.807, 2.05) is 0 Å². The second kappa shape index (κ2) is 16.0. The Morgan fingerprint density at radius 2 is 1.22 bits per heavy atom. The zero-order valence-electron chi connectivity index (χ0n) is 15.6. The zero-order chi connectivity index (χ0) is 17.3. The summed E-state index contributed by atoms with van der Waals surface area (Å²) in [6.07, 6.45) is 14.5. The second-order valence-corrected chi connectivity index (χ2v) is 6.68. The molecular weight excluding hydrogens is 286 g/mol. The summed E-state index contributed by atoms with van der Waals surface area (Å²) >= 11 is 0. The maximum atomic E-state index is 10.7. The molecule has 0 amide bonds. The van der Waals surface area contributed by atoms with E-state index in [1.165, 1.54) is 70.9 Å². The Balaban J connectivity index is 3.84. The minimum Gasteiger partial charge on any atom is -0.478 e. The zero-order valence-corrected chi connectivity index (χ0v) is 15.6. The van der Waals surface area contributed by atoms with Gasteiger partial charge in [0.05, 0.1) is 0 Å². The third-order valence-corrected chi connectivity index (χ3v) is 4.41. The molecule has 0 aromatic heterocycles. The van der Waals surface area contributed by atoms with Crippen molar-refractivity contribution in [2.75, 3.05) is 19.6 Å². The van der Waals surface area contributed by atoms with Gasteiger partial charge in [0, 0.05) is 5.57 Å². The number of carboxylic acid groups (broad SMARTS) is 1. The van der Waals surface area contributed by atoms with E-state index >= 15 is 0 Å². The highest BCUT2D eigenvalue weighted by molar-refractivity contribution is 5.85. The maximum Gasteiger partial charge on any atom is 0.330 e. The number of carboxylic acids is 1. The van der Waals surface area contributed by atoms with Gasteiger partial charge in [-0.25, -0.2) is 4.79 Å². The van der Waals surface area contributed by atoms with E-state index in [9.17, 15) is 4.79 Å². The van der Waals surface area contributed by atoms with Crippen LogP contribution in [0.4, 0.5) is 0 Å². The topological polar surface area (TPSA) is 40.5 Å². The van der Waals surface area contributed by atoms with Gasteiger partial charge in [-0.05, 0) is 51.7 Å². The van der Waals surface area contributed by atoms with E-state index in [-0.39, 0.29) is 0 Å². The van der Waals surface area contributed by atoms with Crippen molar-refractivity contribution in [1.29, 1.82) is 0 Å². The van der Waals surface area contributed by atoms with Crippen molar-refractivity contribution in [3.63, 3.8) is 0 Å². The molecule has 0 saturated heterocycles. The van der Waals surface area contributed by atoms with Crippen molar-refractivity contribution < 1.29 is 9.90 Å². The normalized spacial score (nSPS) is 11.1. The first-order valence-electron chi connectivity index (χ1n) is 9.75. The van der Waals surface area contributed by atoms with Crippen LogP contribution in [-0.4, -0.2) is 35.6 Å². The van der Waals surface area contributed by atoms with Crippen LogP contribution < -0.4 is 0 Å². The van der Waals surface area contributed by atoms with Gasteiger partial charge >= 0.3 is 5.97 Å². The van der Waals surface area contributed by atoms with Gasteiger partial charge in [-0.3, -0.25) is 0 Å². The summed E-state index contributed by atoms with van der Waals surface area (Å²) in [5, 5.41) is 8.80. The fourth-order valence-corrected chi connectivity index (χ4v) is 2.82. The van der Waals surface area contributed by atoms with Crippen molar-refractivity contribution in [3.05, 3.63) is 12.2 Å². The van der Waals surface area contributed by atoms with Crippen LogP contribution in [0, 0.1) is 0 Å². The lowest BCUT2D eigenvalue weighted by Gasteiger charge is -2.22. The molecule has 0 radical (unpaired) electrons. The first-order chi connectivity index (χ1) is 11.1. The highest BCUT2D eigenvalue weighted by Crippen LogP contribution is 2.10. The van der Waals surface area contributed by atoms with E-state index in [2.05, 4.69) is 25.3 Å². The maximum absolute atomic E-state index is 10.7. The minimum atomic E-state index is -0.849. The third-order valence-electron chi connectivity index (χ3n) is 4.41. The molecule has 0 aliphatic carbocycles. The molecule has 0 atom stereocenters. The van der Waals surface area contributed by atoms with Crippen LogP contribution in [0.1, 0.15) is 90.9 Å². The van der Waals surface area contributed by atoms with Gasteiger partial charge in [-0.2, -0.15) is 0 Å². The number of rotatable bonds is 17. The highest BCUT2D eigenvalue weighted by Gasteiger charge is 2.06. The molecule has 0 aliphatic heterocycles. The van der Waals surface area contributed by atoms with Crippen molar-refractivity contribution in [2.24, 2.45) is 0 Å². The van der Waals surface area contributed by atoms with Crippen LogP contribution in [-0.2, 0) is 4.79 Å². The average molecular weight is 326 g/mol. The van der Waals surface area contributed by atoms with Crippen LogP contribution >= 0.6 is 0 Å². The number of aliphatic carboxylic acids is 1. The lowest BCUT2D eigenvalue weighted by atomic mass is 10.1. The van der Waals surface area contributed by atoms with E-state index in [0.717, 1.165) is 19.4 Å². The fourth-order valence-electron chi connectivity index (χ4n) is 2.82. The summed E-state index contributed by atoms with van der Waals surface area (Å²) in [5.74, 6) is -0.849. The third kappa shape index (κ3) is 14.5. The quantitative estimate of drug-likeness (QED) is 0.277. The number of nitrogens with zero attached hydrogens (tertiary/aromatic N) is 1. The van der Waals surface area contributed by atoms with E-state index in [0.29, 0.717) is 12.0 Å². The van der Waals surface area contributed by atoms with E-state index < -0.39 is 5.97 Å². The summed E-state index contributed by atoms with van der Waals surface area (Å²) in [5.41, 5.74) is 0.348. The molecule has 0 bridgehead atoms. The van der Waals surface area contributed by atoms with Gasteiger partial charge in [-0.15, -0.1) is 0 Å². The van der Waals surface area contributed by atoms with Crippen LogP contribution in [0.3, 0.4) is 0 Å². The molecule has 0 aliphatic rings. The molecule has 23 heavy (non-hydrogen) atoms. The monoisotopic (exact) mass is 325 g/mol. The van der Waals surface area contributed by atoms with Gasteiger partial charge in [0.2, 0.25) is 0 Å². The smallest absolute Gasteiger partial charge is 0.330 e. The molecule has 3 heteroatoms. The van der Waals surface area contributed by atoms with E-state index in [1.54, 1.807) is 0 Å². The van der Waals surface area contributed by atoms with Gasteiger partial charge < -0.3 is 10.0 Å². The fraction of sp³-hybridized carbons (Fsp3) is 0.850. The van der Waals surface area contributed by atoms with Crippen LogP contribution in [0.15, 0.2) is 12.2 Å². The predicted molar refractivity (Wildman–Crippen MR) is 100.0 cm³/mol. The van der Waals surface area contributed by atoms with Crippen molar-refractivity contribution in [3.8, 4) is 0 Å². The molecule has 0 aromatic carbocycles. The van der Waals surface area contributed by atoms with E-state index in [4.69, 9.17) is 5.11 Å². The summed E-state index contributed by atoms with van der Waals surface area (Å²) < 4.78 is 0. The standard InChI is InChI=1S/C20H39NO2/c1-4-6-8-12-16-21(17-13-9-7-5-2)18-14-10-11-15-19(3)20(22)23/h3-18H2,1-2H3,(H,22,23). The lowest BCUT2D eigenvalue weighted by molar-refractivity contribution is -0.132.